The van der Waals surface area contributed by atoms with E-state index in [1.807, 2.05) is 81.6 Å². The minimum Gasteiger partial charge on any atom is -0.465 e. The second-order valence-electron chi connectivity index (χ2n) is 15.3. The summed E-state index contributed by atoms with van der Waals surface area (Å²) in [6.07, 6.45) is 12.4. The fourth-order valence-corrected chi connectivity index (χ4v) is 6.34. The number of halogens is 2. The molecule has 0 saturated heterocycles. The predicted molar refractivity (Wildman–Crippen MR) is 248 cm³/mol. The lowest BCUT2D eigenvalue weighted by Crippen LogP contribution is -2.25. The van der Waals surface area contributed by atoms with Gasteiger partial charge in [0.2, 0.25) is 0 Å². The minimum absolute atomic E-state index is 0.0879. The quantitative estimate of drug-likeness (QED) is 0.0627. The van der Waals surface area contributed by atoms with Gasteiger partial charge in [-0.1, -0.05) is 81.8 Å². The molecule has 1 heterocycles. The van der Waals surface area contributed by atoms with Crippen LogP contribution in [0.5, 0.6) is 0 Å². The molecule has 0 fully saturated rings. The largest absolute Gasteiger partial charge is 0.465 e. The zero-order valence-corrected chi connectivity index (χ0v) is 39.8. The van der Waals surface area contributed by atoms with Gasteiger partial charge in [0.25, 0.3) is 0 Å². The summed E-state index contributed by atoms with van der Waals surface area (Å²) in [6.45, 7) is 34.6. The highest BCUT2D eigenvalue weighted by Gasteiger charge is 2.25. The van der Waals surface area contributed by atoms with Gasteiger partial charge in [-0.2, -0.15) is 0 Å². The maximum absolute atomic E-state index is 13.0. The topological polar surface area (TPSA) is 82.0 Å². The van der Waals surface area contributed by atoms with Crippen molar-refractivity contribution >= 4 is 42.6 Å². The molecular weight excluding hydrogens is 772 g/mol. The number of carbonyl (C=O) groups is 2. The lowest BCUT2D eigenvalue weighted by molar-refractivity contribution is -0.159. The van der Waals surface area contributed by atoms with Gasteiger partial charge in [-0.25, -0.2) is 4.39 Å². The van der Waals surface area contributed by atoms with E-state index in [4.69, 9.17) is 25.6 Å². The Labute approximate surface area is 358 Å². The van der Waals surface area contributed by atoms with E-state index in [-0.39, 0.29) is 36.2 Å². The van der Waals surface area contributed by atoms with Crippen molar-refractivity contribution in [3.05, 3.63) is 108 Å². The number of carbonyl (C=O) groups excluding carboxylic acids is 2. The molecule has 1 unspecified atom stereocenters. The summed E-state index contributed by atoms with van der Waals surface area (Å²) in [4.78, 5) is 26.3. The molecule has 3 aromatic rings. The van der Waals surface area contributed by atoms with Crippen molar-refractivity contribution in [1.29, 1.82) is 0 Å². The van der Waals surface area contributed by atoms with E-state index < -0.39 is 19.0 Å². The van der Waals surface area contributed by atoms with Crippen molar-refractivity contribution in [2.24, 2.45) is 10.8 Å². The van der Waals surface area contributed by atoms with Gasteiger partial charge >= 0.3 is 11.9 Å². The van der Waals surface area contributed by atoms with Crippen LogP contribution in [0, 0.1) is 23.6 Å². The molecule has 3 rings (SSSR count). The molecule has 0 radical (unpaired) electrons. The molecule has 8 nitrogen and oxygen atoms in total. The first kappa shape index (κ1) is 56.6. The van der Waals surface area contributed by atoms with Crippen LogP contribution >= 0.6 is 19.7 Å². The van der Waals surface area contributed by atoms with Crippen molar-refractivity contribution in [2.45, 2.75) is 109 Å². The highest BCUT2D eigenvalue weighted by atomic mass is 35.5. The van der Waals surface area contributed by atoms with Crippen molar-refractivity contribution in [3.63, 3.8) is 0 Å². The Kier molecular flexibility index (Phi) is 30.7. The summed E-state index contributed by atoms with van der Waals surface area (Å²) in [6, 6.07) is 11.5. The van der Waals surface area contributed by atoms with Gasteiger partial charge in [0.1, 0.15) is 5.82 Å². The zero-order valence-electron chi connectivity index (χ0n) is 38.1. The highest BCUT2D eigenvalue weighted by Crippen LogP contribution is 2.38. The zero-order chi connectivity index (χ0) is 44.9. The van der Waals surface area contributed by atoms with Crippen LogP contribution in [-0.2, 0) is 43.1 Å². The Bertz CT molecular complexity index is 1600. The number of allylic oxidation sites excluding steroid dienone is 2. The fourth-order valence-electron chi connectivity index (χ4n) is 4.66. The monoisotopic (exact) mass is 848 g/mol. The van der Waals surface area contributed by atoms with Crippen molar-refractivity contribution in [1.82, 2.24) is 14.8 Å². The van der Waals surface area contributed by atoms with Gasteiger partial charge < -0.3 is 28.8 Å². The molecule has 11 heteroatoms. The average Bonchev–Trinajstić information content (AvgIpc) is 3.49. The minimum atomic E-state index is -0.947. The van der Waals surface area contributed by atoms with Crippen molar-refractivity contribution in [2.75, 3.05) is 46.4 Å². The molecular formula is C47H76ClFN3O5P. The fraction of sp³-hybridized carbons (Fsp3) is 0.532. The van der Waals surface area contributed by atoms with Crippen LogP contribution in [-0.4, -0.2) is 67.8 Å². The second kappa shape index (κ2) is 31.4. The standard InChI is InChI=1S/C27H40NO5P.C8H9ClFN.C7H15N.C3H6.C2H6/c1-9-13-28-18-20(2)22-11-10-21(17-23(22)28)12-15-34(16-14-31-24(29)26(3,4)5)33-19-32-25(30)27(6,7)8;1-11-5-6-3-2-4-7(9)8(6)10;1-4-6-7-8(3)5-2;1-3-2;1-2/h9-11,17-18H,1,12-16,19H2,2-8H3;2-4,11H,5H2,1H3;5H,2,4,6-7H2,1,3H3;3H,1H2,2H3;1-2H3. The van der Waals surface area contributed by atoms with Crippen LogP contribution in [0.1, 0.15) is 98.8 Å². The van der Waals surface area contributed by atoms with Gasteiger partial charge in [-0.3, -0.25) is 9.59 Å². The Balaban J connectivity index is 0. The number of nitrogens with zero attached hydrogens (tertiary/aromatic N) is 2. The van der Waals surface area contributed by atoms with E-state index in [2.05, 4.69) is 72.8 Å². The van der Waals surface area contributed by atoms with Crippen LogP contribution in [0.15, 0.2) is 80.7 Å². The van der Waals surface area contributed by atoms with Crippen LogP contribution in [0.3, 0.4) is 0 Å². The maximum Gasteiger partial charge on any atom is 0.313 e. The van der Waals surface area contributed by atoms with E-state index >= 15 is 0 Å². The van der Waals surface area contributed by atoms with Crippen LogP contribution in [0.2, 0.25) is 5.02 Å². The summed E-state index contributed by atoms with van der Waals surface area (Å²) in [5, 5.41) is 4.27. The maximum atomic E-state index is 13.0. The van der Waals surface area contributed by atoms with Gasteiger partial charge in [-0.05, 0) is 111 Å². The smallest absolute Gasteiger partial charge is 0.313 e. The normalized spacial score (nSPS) is 11.1. The predicted octanol–water partition coefficient (Wildman–Crippen LogP) is 12.5. The van der Waals surface area contributed by atoms with E-state index in [1.54, 1.807) is 25.3 Å². The molecule has 1 aromatic heterocycles. The second-order valence-corrected chi connectivity index (χ2v) is 17.8. The van der Waals surface area contributed by atoms with Gasteiger partial charge in [0.05, 0.1) is 22.5 Å². The molecule has 0 spiro atoms. The molecule has 0 aliphatic rings. The number of aryl methyl sites for hydroxylation is 2. The number of hydrogen-bond donors (Lipinski definition) is 1. The van der Waals surface area contributed by atoms with Crippen LogP contribution in [0.4, 0.5) is 4.39 Å². The van der Waals surface area contributed by atoms with Crippen molar-refractivity contribution in [3.8, 4) is 0 Å². The Hall–Kier alpha value is -3.49. The summed E-state index contributed by atoms with van der Waals surface area (Å²) in [5.74, 6) is -0.862. The number of unbranched alkanes of at least 4 members (excludes halogenated alkanes) is 1. The average molecular weight is 849 g/mol. The number of esters is 2. The first-order valence-corrected chi connectivity index (χ1v) is 22.2. The first-order chi connectivity index (χ1) is 27.3. The molecule has 0 amide bonds. The SMILES string of the molecule is C=CC.C=CCn1cc(C)c2ccc(CCP(CCOC(=O)C(C)(C)C)OCOC(=O)C(C)(C)C)cc21.C=CN(C)CCCC.CC.CNCc1cccc(Cl)c1F. The summed E-state index contributed by atoms with van der Waals surface area (Å²) in [7, 11) is 2.86. The van der Waals surface area contributed by atoms with Gasteiger partial charge in [0, 0.05) is 63.7 Å². The van der Waals surface area contributed by atoms with E-state index in [1.165, 1.54) is 40.9 Å². The number of ether oxygens (including phenoxy) is 2. The Morgan fingerprint density at radius 1 is 1.00 bits per heavy atom. The molecule has 2 aromatic carbocycles. The van der Waals surface area contributed by atoms with E-state index in [9.17, 15) is 14.0 Å². The van der Waals surface area contributed by atoms with Crippen LogP contribution < -0.4 is 5.32 Å². The number of benzene rings is 2. The number of nitrogens with one attached hydrogen (secondary N) is 1. The van der Waals surface area contributed by atoms with Crippen molar-refractivity contribution < 1.29 is 28.0 Å². The molecule has 0 saturated carbocycles. The lowest BCUT2D eigenvalue weighted by atomic mass is 9.97. The highest BCUT2D eigenvalue weighted by molar-refractivity contribution is 7.52. The van der Waals surface area contributed by atoms with Crippen LogP contribution in [0.25, 0.3) is 10.9 Å². The third kappa shape index (κ3) is 23.8. The first-order valence-electron chi connectivity index (χ1n) is 20.2. The number of aromatic nitrogens is 1. The summed E-state index contributed by atoms with van der Waals surface area (Å²) in [5.41, 5.74) is 3.13. The Morgan fingerprint density at radius 3 is 2.14 bits per heavy atom. The Morgan fingerprint density at radius 2 is 1.60 bits per heavy atom. The van der Waals surface area contributed by atoms with Gasteiger partial charge in [-0.15, -0.1) is 13.2 Å². The summed E-state index contributed by atoms with van der Waals surface area (Å²) >= 11 is 5.55. The number of hydrogen-bond acceptors (Lipinski definition) is 7. The summed E-state index contributed by atoms with van der Waals surface area (Å²) < 4.78 is 31.9. The number of fused-ring (bicyclic) bond motifs is 1. The van der Waals surface area contributed by atoms with Gasteiger partial charge in [0.15, 0.2) is 6.79 Å². The molecule has 1 atom stereocenters. The molecule has 328 valence electrons. The van der Waals surface area contributed by atoms with E-state index in [0.29, 0.717) is 18.3 Å². The van der Waals surface area contributed by atoms with E-state index in [0.717, 1.165) is 25.7 Å². The molecule has 1 N–H and O–H groups in total. The molecule has 0 aliphatic heterocycles. The third-order valence-corrected chi connectivity index (χ3v) is 10.1. The lowest BCUT2D eigenvalue weighted by Gasteiger charge is -2.22. The third-order valence-electron chi connectivity index (χ3n) is 7.92. The molecule has 58 heavy (non-hydrogen) atoms. The number of rotatable bonds is 17. The molecule has 0 aliphatic carbocycles. The molecule has 0 bridgehead atoms.